The first-order valence-electron chi connectivity index (χ1n) is 11.6. The lowest BCUT2D eigenvalue weighted by atomic mass is 9.62. The van der Waals surface area contributed by atoms with Gasteiger partial charge >= 0.3 is 0 Å². The van der Waals surface area contributed by atoms with E-state index in [-0.39, 0.29) is 11.9 Å². The molecule has 3 fully saturated rings. The molecule has 0 amide bonds. The highest BCUT2D eigenvalue weighted by molar-refractivity contribution is 6.00. The maximum absolute atomic E-state index is 14.9. The van der Waals surface area contributed by atoms with Crippen LogP contribution in [0.5, 0.6) is 0 Å². The lowest BCUT2D eigenvalue weighted by Crippen LogP contribution is -2.47. The Morgan fingerprint density at radius 2 is 1.73 bits per heavy atom. The van der Waals surface area contributed by atoms with Crippen molar-refractivity contribution < 1.29 is 8.78 Å². The van der Waals surface area contributed by atoms with E-state index in [4.69, 9.17) is 0 Å². The normalized spacial score (nSPS) is 24.3. The zero-order valence-electron chi connectivity index (χ0n) is 18.4. The third-order valence-electron chi connectivity index (χ3n) is 7.59. The van der Waals surface area contributed by atoms with E-state index in [1.807, 2.05) is 30.3 Å². The van der Waals surface area contributed by atoms with Gasteiger partial charge in [-0.15, -0.1) is 0 Å². The largest absolute Gasteiger partial charge is 0.364 e. The van der Waals surface area contributed by atoms with Crippen LogP contribution >= 0.6 is 0 Å². The van der Waals surface area contributed by atoms with Crippen LogP contribution in [0, 0.1) is 29.4 Å². The van der Waals surface area contributed by atoms with Gasteiger partial charge in [-0.05, 0) is 55.1 Å². The fraction of sp³-hybridized carbons (Fsp3) is 0.346. The van der Waals surface area contributed by atoms with Gasteiger partial charge in [-0.3, -0.25) is 0 Å². The van der Waals surface area contributed by atoms with Crippen molar-refractivity contribution in [2.24, 2.45) is 17.8 Å². The number of fused-ring (bicyclic) bond motifs is 4. The molecule has 7 heteroatoms. The van der Waals surface area contributed by atoms with Gasteiger partial charge < -0.3 is 10.3 Å². The van der Waals surface area contributed by atoms with Crippen molar-refractivity contribution in [2.45, 2.75) is 38.6 Å². The molecule has 2 N–H and O–H groups in total. The van der Waals surface area contributed by atoms with Gasteiger partial charge in [0.05, 0.1) is 23.7 Å². The Balaban J connectivity index is 1.46. The summed E-state index contributed by atoms with van der Waals surface area (Å²) in [6.07, 6.45) is 7.26. The quantitative estimate of drug-likeness (QED) is 0.392. The number of rotatable bonds is 4. The number of aromatic nitrogens is 4. The molecule has 33 heavy (non-hydrogen) atoms. The zero-order valence-corrected chi connectivity index (χ0v) is 18.4. The molecule has 0 saturated heterocycles. The standard InChI is InChI=1S/C26H25F2N5/c1-14-15-7-9-17(10-8-15)22(14)31-25-20(28)13-30-26(33-25)21-19-11-18(27)12-29-24(19)32-23(21)16-5-3-2-4-6-16/h2-6,11-15,17,22H,7-10H2,1H3,(H,29,32)(H,30,31,33). The molecule has 3 aromatic heterocycles. The minimum Gasteiger partial charge on any atom is -0.364 e. The van der Waals surface area contributed by atoms with E-state index in [0.29, 0.717) is 40.2 Å². The average Bonchev–Trinajstić information content (AvgIpc) is 3.22. The van der Waals surface area contributed by atoms with Crippen molar-refractivity contribution in [2.75, 3.05) is 5.32 Å². The predicted octanol–water partition coefficient (Wildman–Crippen LogP) is 6.20. The Bertz CT molecular complexity index is 1310. The molecule has 2 atom stereocenters. The van der Waals surface area contributed by atoms with Crippen molar-refractivity contribution in [1.29, 1.82) is 0 Å². The van der Waals surface area contributed by atoms with E-state index >= 15 is 0 Å². The summed E-state index contributed by atoms with van der Waals surface area (Å²) in [7, 11) is 0. The molecular formula is C26H25F2N5. The van der Waals surface area contributed by atoms with Crippen LogP contribution in [0.1, 0.15) is 32.6 Å². The summed E-state index contributed by atoms with van der Waals surface area (Å²) < 4.78 is 29.0. The van der Waals surface area contributed by atoms with Crippen molar-refractivity contribution in [3.05, 3.63) is 60.4 Å². The fourth-order valence-electron chi connectivity index (χ4n) is 5.85. The maximum Gasteiger partial charge on any atom is 0.183 e. The van der Waals surface area contributed by atoms with Crippen LogP contribution in [0.25, 0.3) is 33.7 Å². The number of benzene rings is 1. The van der Waals surface area contributed by atoms with Gasteiger partial charge in [0.15, 0.2) is 17.5 Å². The number of halogens is 2. The third kappa shape index (κ3) is 3.46. The second-order valence-electron chi connectivity index (χ2n) is 9.38. The molecule has 7 rings (SSSR count). The van der Waals surface area contributed by atoms with Crippen LogP contribution in [0.2, 0.25) is 0 Å². The Kier molecular flexibility index (Phi) is 4.85. The van der Waals surface area contributed by atoms with Gasteiger partial charge in [0.1, 0.15) is 11.5 Å². The first-order valence-corrected chi connectivity index (χ1v) is 11.6. The third-order valence-corrected chi connectivity index (χ3v) is 7.59. The topological polar surface area (TPSA) is 66.5 Å². The van der Waals surface area contributed by atoms with E-state index in [0.717, 1.165) is 11.3 Å². The number of hydrogen-bond donors (Lipinski definition) is 2. The van der Waals surface area contributed by atoms with Crippen molar-refractivity contribution in [3.8, 4) is 22.6 Å². The van der Waals surface area contributed by atoms with Crippen LogP contribution in [-0.4, -0.2) is 26.0 Å². The summed E-state index contributed by atoms with van der Waals surface area (Å²) in [5.41, 5.74) is 2.77. The number of aromatic amines is 1. The molecule has 2 bridgehead atoms. The summed E-state index contributed by atoms with van der Waals surface area (Å²) in [6, 6.07) is 11.3. The molecule has 3 heterocycles. The number of pyridine rings is 1. The monoisotopic (exact) mass is 445 g/mol. The number of nitrogens with one attached hydrogen (secondary N) is 2. The van der Waals surface area contributed by atoms with E-state index in [1.54, 1.807) is 0 Å². The fourth-order valence-corrected chi connectivity index (χ4v) is 5.85. The number of anilines is 1. The van der Waals surface area contributed by atoms with Gasteiger partial charge in [-0.25, -0.2) is 23.7 Å². The van der Waals surface area contributed by atoms with Crippen LogP contribution < -0.4 is 5.32 Å². The van der Waals surface area contributed by atoms with E-state index in [9.17, 15) is 8.78 Å². The predicted molar refractivity (Wildman–Crippen MR) is 124 cm³/mol. The average molecular weight is 446 g/mol. The summed E-state index contributed by atoms with van der Waals surface area (Å²) in [6.45, 7) is 2.26. The Hall–Kier alpha value is -3.35. The molecule has 3 aliphatic carbocycles. The molecular weight excluding hydrogens is 420 g/mol. The molecule has 4 aromatic rings. The number of hydrogen-bond acceptors (Lipinski definition) is 4. The van der Waals surface area contributed by atoms with Crippen molar-refractivity contribution in [1.82, 2.24) is 19.9 Å². The van der Waals surface area contributed by atoms with E-state index in [2.05, 4.69) is 32.2 Å². The lowest BCUT2D eigenvalue weighted by Gasteiger charge is -2.47. The second kappa shape index (κ2) is 7.90. The van der Waals surface area contributed by atoms with Gasteiger partial charge in [-0.2, -0.15) is 0 Å². The molecule has 0 radical (unpaired) electrons. The first-order chi connectivity index (χ1) is 16.1. The van der Waals surface area contributed by atoms with Crippen LogP contribution in [0.15, 0.2) is 48.8 Å². The molecule has 3 aliphatic rings. The highest BCUT2D eigenvalue weighted by Crippen LogP contribution is 2.46. The van der Waals surface area contributed by atoms with Crippen LogP contribution in [0.4, 0.5) is 14.6 Å². The van der Waals surface area contributed by atoms with Gasteiger partial charge in [0.2, 0.25) is 0 Å². The molecule has 0 spiro atoms. The maximum atomic E-state index is 14.9. The molecule has 168 valence electrons. The summed E-state index contributed by atoms with van der Waals surface area (Å²) in [5, 5.41) is 3.99. The van der Waals surface area contributed by atoms with E-state index < -0.39 is 11.6 Å². The van der Waals surface area contributed by atoms with Gasteiger partial charge in [-0.1, -0.05) is 37.3 Å². The zero-order chi connectivity index (χ0) is 22.5. The molecule has 0 aliphatic heterocycles. The highest BCUT2D eigenvalue weighted by atomic mass is 19.1. The minimum atomic E-state index is -0.474. The highest BCUT2D eigenvalue weighted by Gasteiger charge is 2.41. The van der Waals surface area contributed by atoms with Crippen molar-refractivity contribution >= 4 is 16.9 Å². The first kappa shape index (κ1) is 20.3. The van der Waals surface area contributed by atoms with Gasteiger partial charge in [0, 0.05) is 11.4 Å². The number of H-pyrrole nitrogens is 1. The SMILES string of the molecule is CC1C2CCC(CC2)C1Nc1nc(-c2c(-c3ccccc3)[nH]c3ncc(F)cc23)ncc1F. The Morgan fingerprint density at radius 3 is 2.48 bits per heavy atom. The number of nitrogens with zero attached hydrogens (tertiary/aromatic N) is 3. The van der Waals surface area contributed by atoms with Crippen molar-refractivity contribution in [3.63, 3.8) is 0 Å². The van der Waals surface area contributed by atoms with E-state index in [1.165, 1.54) is 44.1 Å². The molecule has 5 nitrogen and oxygen atoms in total. The van der Waals surface area contributed by atoms with Crippen LogP contribution in [0.3, 0.4) is 0 Å². The smallest absolute Gasteiger partial charge is 0.183 e. The molecule has 3 saturated carbocycles. The minimum absolute atomic E-state index is 0.199. The summed E-state index contributed by atoms with van der Waals surface area (Å²) in [5.74, 6) is 1.32. The molecule has 1 aromatic carbocycles. The van der Waals surface area contributed by atoms with Crippen LogP contribution in [-0.2, 0) is 0 Å². The Morgan fingerprint density at radius 1 is 0.970 bits per heavy atom. The molecule has 2 unspecified atom stereocenters. The second-order valence-corrected chi connectivity index (χ2v) is 9.38. The summed E-state index contributed by atoms with van der Waals surface area (Å²) in [4.78, 5) is 16.4. The summed E-state index contributed by atoms with van der Waals surface area (Å²) >= 11 is 0. The van der Waals surface area contributed by atoms with Gasteiger partial charge in [0.25, 0.3) is 0 Å². The lowest BCUT2D eigenvalue weighted by molar-refractivity contribution is 0.0926. The Labute approximate surface area is 190 Å².